The number of nitrogens with two attached hydrogens (primary N) is 1. The summed E-state index contributed by atoms with van der Waals surface area (Å²) >= 11 is 0. The van der Waals surface area contributed by atoms with Crippen molar-refractivity contribution in [2.24, 2.45) is 5.73 Å². The highest BCUT2D eigenvalue weighted by Gasteiger charge is 2.21. The molecule has 3 heteroatoms. The molecule has 2 rings (SSSR count). The Morgan fingerprint density at radius 3 is 3.00 bits per heavy atom. The van der Waals surface area contributed by atoms with Gasteiger partial charge in [-0.25, -0.2) is 0 Å². The summed E-state index contributed by atoms with van der Waals surface area (Å²) in [4.78, 5) is 3.17. The summed E-state index contributed by atoms with van der Waals surface area (Å²) in [7, 11) is 0. The van der Waals surface area contributed by atoms with Crippen LogP contribution in [0, 0.1) is 0 Å². The number of hydrogen-bond acceptors (Lipinski definition) is 2. The third-order valence-electron chi connectivity index (χ3n) is 2.76. The zero-order valence-electron chi connectivity index (χ0n) is 7.79. The van der Waals surface area contributed by atoms with Gasteiger partial charge in [-0.3, -0.25) is 0 Å². The van der Waals surface area contributed by atoms with Crippen molar-refractivity contribution in [1.29, 1.82) is 0 Å². The summed E-state index contributed by atoms with van der Waals surface area (Å²) in [5.74, 6) is 0. The van der Waals surface area contributed by atoms with E-state index in [2.05, 4.69) is 16.4 Å². The van der Waals surface area contributed by atoms with Gasteiger partial charge < -0.3 is 16.0 Å². The average molecular weight is 179 g/mol. The molecule has 1 fully saturated rings. The van der Waals surface area contributed by atoms with Crippen LogP contribution in [-0.4, -0.2) is 17.6 Å². The van der Waals surface area contributed by atoms with Crippen LogP contribution in [-0.2, 0) is 0 Å². The van der Waals surface area contributed by atoms with Crippen molar-refractivity contribution in [2.45, 2.75) is 31.3 Å². The zero-order valence-corrected chi connectivity index (χ0v) is 7.79. The first-order chi connectivity index (χ1) is 6.38. The summed E-state index contributed by atoms with van der Waals surface area (Å²) in [6.45, 7) is 1.11. The number of hydrogen-bond donors (Lipinski definition) is 3. The number of aromatic amines is 1. The van der Waals surface area contributed by atoms with Crippen LogP contribution in [0.3, 0.4) is 0 Å². The SMILES string of the molecule is NC(c1ccc[nH]1)C1CCCCN1. The molecular weight excluding hydrogens is 162 g/mol. The fraction of sp³-hybridized carbons (Fsp3) is 0.600. The number of H-pyrrole nitrogens is 1. The maximum Gasteiger partial charge on any atom is 0.0603 e. The van der Waals surface area contributed by atoms with Gasteiger partial charge in [-0.15, -0.1) is 0 Å². The van der Waals surface area contributed by atoms with Crippen molar-refractivity contribution in [3.63, 3.8) is 0 Å². The molecule has 4 N–H and O–H groups in total. The predicted octanol–water partition coefficient (Wildman–Crippen LogP) is 1.16. The Morgan fingerprint density at radius 2 is 2.38 bits per heavy atom. The molecular formula is C10H17N3. The van der Waals surface area contributed by atoms with E-state index in [1.807, 2.05) is 12.3 Å². The van der Waals surface area contributed by atoms with E-state index >= 15 is 0 Å². The molecule has 3 nitrogen and oxygen atoms in total. The molecule has 0 bridgehead atoms. The second kappa shape index (κ2) is 3.94. The third-order valence-corrected chi connectivity index (χ3v) is 2.76. The van der Waals surface area contributed by atoms with Gasteiger partial charge in [0.1, 0.15) is 0 Å². The Kier molecular flexibility index (Phi) is 2.66. The Labute approximate surface area is 78.7 Å². The van der Waals surface area contributed by atoms with E-state index in [9.17, 15) is 0 Å². The maximum atomic E-state index is 6.12. The lowest BCUT2D eigenvalue weighted by Gasteiger charge is -2.28. The molecule has 1 aliphatic rings. The summed E-state index contributed by atoms with van der Waals surface area (Å²) < 4.78 is 0. The van der Waals surface area contributed by atoms with Gasteiger partial charge >= 0.3 is 0 Å². The average Bonchev–Trinajstić information content (AvgIpc) is 2.71. The van der Waals surface area contributed by atoms with Gasteiger partial charge in [-0.1, -0.05) is 6.42 Å². The molecule has 1 aliphatic heterocycles. The normalized spacial score (nSPS) is 25.8. The second-order valence-electron chi connectivity index (χ2n) is 3.71. The molecule has 0 radical (unpaired) electrons. The maximum absolute atomic E-state index is 6.12. The van der Waals surface area contributed by atoms with E-state index in [0.29, 0.717) is 6.04 Å². The summed E-state index contributed by atoms with van der Waals surface area (Å²) in [6, 6.07) is 4.63. The van der Waals surface area contributed by atoms with Crippen molar-refractivity contribution < 1.29 is 0 Å². The van der Waals surface area contributed by atoms with E-state index in [0.717, 1.165) is 12.2 Å². The highest BCUT2D eigenvalue weighted by atomic mass is 15.0. The van der Waals surface area contributed by atoms with Crippen LogP contribution in [0.4, 0.5) is 0 Å². The molecule has 0 spiro atoms. The van der Waals surface area contributed by atoms with Crippen molar-refractivity contribution in [1.82, 2.24) is 10.3 Å². The van der Waals surface area contributed by atoms with Crippen LogP contribution in [0.2, 0.25) is 0 Å². The van der Waals surface area contributed by atoms with Gasteiger partial charge in [0.25, 0.3) is 0 Å². The smallest absolute Gasteiger partial charge is 0.0603 e. The Morgan fingerprint density at radius 1 is 1.46 bits per heavy atom. The molecule has 2 unspecified atom stereocenters. The van der Waals surface area contributed by atoms with Crippen LogP contribution in [0.15, 0.2) is 18.3 Å². The van der Waals surface area contributed by atoms with Crippen molar-refractivity contribution >= 4 is 0 Å². The highest BCUT2D eigenvalue weighted by Crippen LogP contribution is 2.19. The highest BCUT2D eigenvalue weighted by molar-refractivity contribution is 5.11. The van der Waals surface area contributed by atoms with Gasteiger partial charge in [-0.2, -0.15) is 0 Å². The fourth-order valence-corrected chi connectivity index (χ4v) is 1.95. The molecule has 0 amide bonds. The lowest BCUT2D eigenvalue weighted by Crippen LogP contribution is -2.42. The molecule has 1 aromatic heterocycles. The topological polar surface area (TPSA) is 53.8 Å². The van der Waals surface area contributed by atoms with Crippen molar-refractivity contribution in [3.05, 3.63) is 24.0 Å². The van der Waals surface area contributed by atoms with Crippen LogP contribution in [0.5, 0.6) is 0 Å². The van der Waals surface area contributed by atoms with Gasteiger partial charge in [0.15, 0.2) is 0 Å². The molecule has 13 heavy (non-hydrogen) atoms. The van der Waals surface area contributed by atoms with Gasteiger partial charge in [0, 0.05) is 17.9 Å². The monoisotopic (exact) mass is 179 g/mol. The number of aromatic nitrogens is 1. The molecule has 0 aromatic carbocycles. The lowest BCUT2D eigenvalue weighted by atomic mass is 9.97. The van der Waals surface area contributed by atoms with Crippen LogP contribution in [0.1, 0.15) is 31.0 Å². The van der Waals surface area contributed by atoms with Gasteiger partial charge in [-0.05, 0) is 31.5 Å². The number of piperidine rings is 1. The first kappa shape index (κ1) is 8.78. The fourth-order valence-electron chi connectivity index (χ4n) is 1.95. The van der Waals surface area contributed by atoms with Gasteiger partial charge in [0.2, 0.25) is 0 Å². The molecule has 2 atom stereocenters. The predicted molar refractivity (Wildman–Crippen MR) is 53.4 cm³/mol. The van der Waals surface area contributed by atoms with E-state index in [1.165, 1.54) is 19.3 Å². The standard InChI is InChI=1S/C10H17N3/c11-10(9-5-3-7-13-9)8-4-1-2-6-12-8/h3,5,7-8,10,12-13H,1-2,4,6,11H2. The van der Waals surface area contributed by atoms with Crippen LogP contribution >= 0.6 is 0 Å². The Hall–Kier alpha value is -0.800. The summed E-state index contributed by atoms with van der Waals surface area (Å²) in [5.41, 5.74) is 7.26. The molecule has 1 saturated heterocycles. The zero-order chi connectivity index (χ0) is 9.10. The largest absolute Gasteiger partial charge is 0.364 e. The minimum atomic E-state index is 0.121. The van der Waals surface area contributed by atoms with E-state index in [-0.39, 0.29) is 6.04 Å². The first-order valence-electron chi connectivity index (χ1n) is 5.00. The first-order valence-corrected chi connectivity index (χ1v) is 5.00. The van der Waals surface area contributed by atoms with Crippen molar-refractivity contribution in [3.8, 4) is 0 Å². The lowest BCUT2D eigenvalue weighted by molar-refractivity contribution is 0.351. The van der Waals surface area contributed by atoms with E-state index in [4.69, 9.17) is 5.73 Å². The summed E-state index contributed by atoms with van der Waals surface area (Å²) in [5, 5.41) is 3.46. The molecule has 0 saturated carbocycles. The molecule has 2 heterocycles. The van der Waals surface area contributed by atoms with Crippen molar-refractivity contribution in [2.75, 3.05) is 6.54 Å². The molecule has 1 aromatic rings. The van der Waals surface area contributed by atoms with Crippen LogP contribution in [0.25, 0.3) is 0 Å². The number of rotatable bonds is 2. The Bertz CT molecular complexity index is 237. The number of nitrogens with one attached hydrogen (secondary N) is 2. The van der Waals surface area contributed by atoms with Gasteiger partial charge in [0.05, 0.1) is 6.04 Å². The Balaban J connectivity index is 1.99. The third kappa shape index (κ3) is 1.92. The summed E-state index contributed by atoms with van der Waals surface area (Å²) in [6.07, 6.45) is 5.71. The van der Waals surface area contributed by atoms with Crippen LogP contribution < -0.4 is 11.1 Å². The van der Waals surface area contributed by atoms with E-state index < -0.39 is 0 Å². The minimum absolute atomic E-state index is 0.121. The second-order valence-corrected chi connectivity index (χ2v) is 3.71. The minimum Gasteiger partial charge on any atom is -0.364 e. The quantitative estimate of drug-likeness (QED) is 0.638. The van der Waals surface area contributed by atoms with E-state index in [1.54, 1.807) is 0 Å². The molecule has 72 valence electrons. The molecule has 0 aliphatic carbocycles.